The summed E-state index contributed by atoms with van der Waals surface area (Å²) in [7, 11) is 0. The van der Waals surface area contributed by atoms with Crippen LogP contribution in [0.4, 0.5) is 0 Å². The molecule has 0 atom stereocenters. The lowest BCUT2D eigenvalue weighted by molar-refractivity contribution is 1.36. The monoisotopic (exact) mass is 487 g/mol. The Morgan fingerprint density at radius 1 is 0.459 bits per heavy atom. The van der Waals surface area contributed by atoms with Crippen LogP contribution in [0, 0.1) is 0 Å². The smallest absolute Gasteiger partial charge is 0.0780 e. The second-order valence-corrected chi connectivity index (χ2v) is 10.6. The molecule has 0 bridgehead atoms. The largest absolute Gasteiger partial charge is 0.256 e. The highest BCUT2D eigenvalue weighted by molar-refractivity contribution is 7.26. The summed E-state index contributed by atoms with van der Waals surface area (Å²) in [5.74, 6) is 0. The molecule has 0 radical (unpaired) electrons. The van der Waals surface area contributed by atoms with E-state index in [4.69, 9.17) is 4.98 Å². The summed E-state index contributed by atoms with van der Waals surface area (Å²) in [5, 5.41) is 10.2. The van der Waals surface area contributed by atoms with Crippen molar-refractivity contribution in [2.24, 2.45) is 0 Å². The summed E-state index contributed by atoms with van der Waals surface area (Å²) in [6.45, 7) is 0. The number of pyridine rings is 1. The normalized spacial score (nSPS) is 11.8. The van der Waals surface area contributed by atoms with E-state index in [9.17, 15) is 0 Å². The number of nitrogens with zero attached hydrogens (tertiary/aromatic N) is 1. The quantitative estimate of drug-likeness (QED) is 0.221. The van der Waals surface area contributed by atoms with Crippen molar-refractivity contribution < 1.29 is 0 Å². The number of benzene rings is 6. The van der Waals surface area contributed by atoms with Crippen molar-refractivity contribution in [3.63, 3.8) is 0 Å². The maximum atomic E-state index is 4.89. The lowest BCUT2D eigenvalue weighted by Crippen LogP contribution is -1.88. The molecule has 2 heteroatoms. The molecular formula is C35H21NS. The third kappa shape index (κ3) is 3.13. The lowest BCUT2D eigenvalue weighted by atomic mass is 9.95. The van der Waals surface area contributed by atoms with Gasteiger partial charge in [-0.15, -0.1) is 11.3 Å². The number of thiophene rings is 1. The molecule has 0 aliphatic rings. The van der Waals surface area contributed by atoms with Crippen LogP contribution in [0.15, 0.2) is 128 Å². The van der Waals surface area contributed by atoms with Crippen molar-refractivity contribution >= 4 is 63.8 Å². The minimum atomic E-state index is 1.04. The van der Waals surface area contributed by atoms with Gasteiger partial charge in [0.1, 0.15) is 0 Å². The van der Waals surface area contributed by atoms with Crippen molar-refractivity contribution in [2.45, 2.75) is 0 Å². The van der Waals surface area contributed by atoms with Crippen LogP contribution in [-0.4, -0.2) is 4.98 Å². The fraction of sp³-hybridized carbons (Fsp3) is 0. The molecule has 0 aliphatic heterocycles. The summed E-state index contributed by atoms with van der Waals surface area (Å²) in [6.07, 6.45) is 1.95. The molecule has 37 heavy (non-hydrogen) atoms. The minimum absolute atomic E-state index is 1.04. The van der Waals surface area contributed by atoms with Gasteiger partial charge in [0.15, 0.2) is 0 Å². The van der Waals surface area contributed by atoms with Gasteiger partial charge < -0.3 is 0 Å². The van der Waals surface area contributed by atoms with Crippen molar-refractivity contribution in [3.05, 3.63) is 128 Å². The molecular weight excluding hydrogens is 466 g/mol. The van der Waals surface area contributed by atoms with Crippen LogP contribution in [0.1, 0.15) is 0 Å². The van der Waals surface area contributed by atoms with Gasteiger partial charge in [0.2, 0.25) is 0 Å². The second-order valence-electron chi connectivity index (χ2n) is 9.56. The highest BCUT2D eigenvalue weighted by Gasteiger charge is 2.14. The Morgan fingerprint density at radius 3 is 2.16 bits per heavy atom. The summed E-state index contributed by atoms with van der Waals surface area (Å²) in [6, 6.07) is 43.9. The van der Waals surface area contributed by atoms with Gasteiger partial charge in [0, 0.05) is 37.3 Å². The van der Waals surface area contributed by atoms with E-state index in [-0.39, 0.29) is 0 Å². The van der Waals surface area contributed by atoms with Crippen LogP contribution in [0.5, 0.6) is 0 Å². The van der Waals surface area contributed by atoms with Crippen LogP contribution < -0.4 is 0 Å². The zero-order chi connectivity index (χ0) is 24.3. The molecule has 0 saturated heterocycles. The number of hydrogen-bond donors (Lipinski definition) is 0. The predicted octanol–water partition coefficient (Wildman–Crippen LogP) is 10.2. The number of aromatic nitrogens is 1. The summed E-state index contributed by atoms with van der Waals surface area (Å²) >= 11 is 1.87. The van der Waals surface area contributed by atoms with Gasteiger partial charge >= 0.3 is 0 Å². The van der Waals surface area contributed by atoms with Crippen LogP contribution in [0.3, 0.4) is 0 Å². The van der Waals surface area contributed by atoms with E-state index in [1.165, 1.54) is 63.6 Å². The first kappa shape index (κ1) is 20.6. The molecule has 0 amide bonds. The second kappa shape index (κ2) is 7.99. The molecule has 6 aromatic carbocycles. The van der Waals surface area contributed by atoms with E-state index >= 15 is 0 Å². The zero-order valence-corrected chi connectivity index (χ0v) is 20.8. The van der Waals surface area contributed by atoms with E-state index in [1.807, 2.05) is 17.5 Å². The summed E-state index contributed by atoms with van der Waals surface area (Å²) < 4.78 is 2.64. The highest BCUT2D eigenvalue weighted by Crippen LogP contribution is 2.42. The standard InChI is InChI=1S/C35H21NS/c1-2-7-22(8-3-1)26-11-6-12-31-32-21-24(14-18-33(32)37-35(26)31)34-30-17-16-27-25-10-5-4-9-23(25)13-15-28(27)29(30)19-20-36-34/h1-21H. The van der Waals surface area contributed by atoms with E-state index in [2.05, 4.69) is 121 Å². The Morgan fingerprint density at radius 2 is 1.22 bits per heavy atom. The van der Waals surface area contributed by atoms with E-state index in [0.29, 0.717) is 0 Å². The SMILES string of the molecule is c1ccc(-c2cccc3c2sc2ccc(-c4nccc5c4ccc4c6ccccc6ccc54)cc23)cc1. The van der Waals surface area contributed by atoms with Gasteiger partial charge in [-0.2, -0.15) is 0 Å². The zero-order valence-electron chi connectivity index (χ0n) is 20.0. The van der Waals surface area contributed by atoms with Gasteiger partial charge in [0.05, 0.1) is 5.69 Å². The predicted molar refractivity (Wildman–Crippen MR) is 161 cm³/mol. The van der Waals surface area contributed by atoms with Gasteiger partial charge in [-0.25, -0.2) is 0 Å². The molecule has 2 heterocycles. The Kier molecular flexibility index (Phi) is 4.46. The van der Waals surface area contributed by atoms with Gasteiger partial charge in [-0.1, -0.05) is 103 Å². The van der Waals surface area contributed by atoms with Crippen LogP contribution in [-0.2, 0) is 0 Å². The molecule has 0 aliphatic carbocycles. The van der Waals surface area contributed by atoms with Crippen molar-refractivity contribution in [2.75, 3.05) is 0 Å². The number of fused-ring (bicyclic) bond motifs is 8. The maximum Gasteiger partial charge on any atom is 0.0780 e. The maximum absolute atomic E-state index is 4.89. The molecule has 1 nitrogen and oxygen atoms in total. The van der Waals surface area contributed by atoms with Crippen LogP contribution in [0.2, 0.25) is 0 Å². The van der Waals surface area contributed by atoms with Crippen molar-refractivity contribution in [1.29, 1.82) is 0 Å². The highest BCUT2D eigenvalue weighted by atomic mass is 32.1. The third-order valence-electron chi connectivity index (χ3n) is 7.52. The molecule has 0 N–H and O–H groups in total. The first-order chi connectivity index (χ1) is 18.3. The Labute approximate surface area is 218 Å². The molecule has 0 unspecified atom stereocenters. The molecule has 0 fully saturated rings. The molecule has 172 valence electrons. The topological polar surface area (TPSA) is 12.9 Å². The number of hydrogen-bond acceptors (Lipinski definition) is 2. The van der Waals surface area contributed by atoms with Crippen LogP contribution >= 0.6 is 11.3 Å². The Bertz CT molecular complexity index is 2140. The molecule has 0 saturated carbocycles. The van der Waals surface area contributed by atoms with E-state index < -0.39 is 0 Å². The van der Waals surface area contributed by atoms with Crippen LogP contribution in [0.25, 0.3) is 74.9 Å². The Balaban J connectivity index is 1.36. The minimum Gasteiger partial charge on any atom is -0.256 e. The van der Waals surface area contributed by atoms with Gasteiger partial charge in [0.25, 0.3) is 0 Å². The molecule has 8 aromatic rings. The Hall–Kier alpha value is -4.53. The fourth-order valence-corrected chi connectivity index (χ4v) is 6.99. The first-order valence-corrected chi connectivity index (χ1v) is 13.4. The van der Waals surface area contributed by atoms with E-state index in [0.717, 1.165) is 11.3 Å². The molecule has 2 aromatic heterocycles. The van der Waals surface area contributed by atoms with Gasteiger partial charge in [-0.05, 0) is 56.3 Å². The number of rotatable bonds is 2. The van der Waals surface area contributed by atoms with E-state index in [1.54, 1.807) is 0 Å². The van der Waals surface area contributed by atoms with Crippen molar-refractivity contribution in [1.82, 2.24) is 4.98 Å². The lowest BCUT2D eigenvalue weighted by Gasteiger charge is -2.11. The first-order valence-electron chi connectivity index (χ1n) is 12.6. The molecule has 8 rings (SSSR count). The fourth-order valence-electron chi connectivity index (χ4n) is 5.77. The molecule has 0 spiro atoms. The third-order valence-corrected chi connectivity index (χ3v) is 8.74. The van der Waals surface area contributed by atoms with Crippen molar-refractivity contribution in [3.8, 4) is 22.4 Å². The summed E-state index contributed by atoms with van der Waals surface area (Å²) in [4.78, 5) is 4.89. The average molecular weight is 488 g/mol. The van der Waals surface area contributed by atoms with Gasteiger partial charge in [-0.3, -0.25) is 4.98 Å². The average Bonchev–Trinajstić information content (AvgIpc) is 3.35. The summed E-state index contributed by atoms with van der Waals surface area (Å²) in [5.41, 5.74) is 4.74.